The molecule has 0 radical (unpaired) electrons. The summed E-state index contributed by atoms with van der Waals surface area (Å²) in [4.78, 5) is 21.3. The van der Waals surface area contributed by atoms with E-state index in [1.165, 1.54) is 37.7 Å². The zero-order valence-electron chi connectivity index (χ0n) is 16.4. The standard InChI is InChI=1S/C24H25N3OS/c28-23(27-21-10-8-20(9-11-21)19-5-2-1-3-6-19)22-7-4-14-26-24(22)29-17-18-12-15-25-16-13-18/h4,7-16,19H,1-3,5-6,17H2,(H,27,28). The van der Waals surface area contributed by atoms with Gasteiger partial charge in [-0.1, -0.05) is 31.4 Å². The average Bonchev–Trinajstić information content (AvgIpc) is 2.80. The molecule has 3 aromatic rings. The fourth-order valence-electron chi connectivity index (χ4n) is 3.78. The maximum absolute atomic E-state index is 12.9. The van der Waals surface area contributed by atoms with Crippen LogP contribution >= 0.6 is 11.8 Å². The molecule has 1 N–H and O–H groups in total. The third kappa shape index (κ3) is 5.24. The maximum Gasteiger partial charge on any atom is 0.258 e. The van der Waals surface area contributed by atoms with Crippen LogP contribution < -0.4 is 5.32 Å². The maximum atomic E-state index is 12.9. The molecule has 0 spiro atoms. The lowest BCUT2D eigenvalue weighted by Gasteiger charge is -2.22. The van der Waals surface area contributed by atoms with Gasteiger partial charge in [-0.2, -0.15) is 0 Å². The minimum atomic E-state index is -0.124. The van der Waals surface area contributed by atoms with Crippen LogP contribution in [0.2, 0.25) is 0 Å². The van der Waals surface area contributed by atoms with Crippen molar-refractivity contribution in [2.45, 2.75) is 48.8 Å². The van der Waals surface area contributed by atoms with Crippen molar-refractivity contribution in [3.05, 3.63) is 83.8 Å². The number of aromatic nitrogens is 2. The Morgan fingerprint density at radius 1 is 0.966 bits per heavy atom. The summed E-state index contributed by atoms with van der Waals surface area (Å²) in [6.45, 7) is 0. The van der Waals surface area contributed by atoms with Crippen molar-refractivity contribution in [2.24, 2.45) is 0 Å². The second kappa shape index (κ2) is 9.70. The Kier molecular flexibility index (Phi) is 6.57. The van der Waals surface area contributed by atoms with Gasteiger partial charge in [0.15, 0.2) is 0 Å². The quantitative estimate of drug-likeness (QED) is 0.508. The smallest absolute Gasteiger partial charge is 0.258 e. The molecule has 148 valence electrons. The van der Waals surface area contributed by atoms with Crippen LogP contribution in [0.4, 0.5) is 5.69 Å². The highest BCUT2D eigenvalue weighted by Crippen LogP contribution is 2.33. The average molecular weight is 404 g/mol. The normalized spacial score (nSPS) is 14.5. The number of hydrogen-bond donors (Lipinski definition) is 1. The van der Waals surface area contributed by atoms with Crippen LogP contribution in [-0.2, 0) is 5.75 Å². The van der Waals surface area contributed by atoms with Crippen LogP contribution in [0.3, 0.4) is 0 Å². The number of thioether (sulfide) groups is 1. The molecule has 1 saturated carbocycles. The van der Waals surface area contributed by atoms with Gasteiger partial charge in [0.2, 0.25) is 0 Å². The molecule has 2 heterocycles. The van der Waals surface area contributed by atoms with Crippen LogP contribution in [0.25, 0.3) is 0 Å². The first-order valence-electron chi connectivity index (χ1n) is 10.2. The number of anilines is 1. The van der Waals surface area contributed by atoms with E-state index in [2.05, 4.69) is 27.4 Å². The predicted molar refractivity (Wildman–Crippen MR) is 118 cm³/mol. The van der Waals surface area contributed by atoms with Gasteiger partial charge >= 0.3 is 0 Å². The molecule has 1 aliphatic rings. The van der Waals surface area contributed by atoms with E-state index in [4.69, 9.17) is 0 Å². The van der Waals surface area contributed by atoms with Crippen molar-refractivity contribution in [1.29, 1.82) is 0 Å². The van der Waals surface area contributed by atoms with Crippen molar-refractivity contribution >= 4 is 23.4 Å². The highest BCUT2D eigenvalue weighted by Gasteiger charge is 2.16. The predicted octanol–water partition coefficient (Wildman–Crippen LogP) is 6.07. The molecule has 0 unspecified atom stereocenters. The molecule has 4 rings (SSSR count). The minimum Gasteiger partial charge on any atom is -0.322 e. The fraction of sp³-hybridized carbons (Fsp3) is 0.292. The Bertz CT molecular complexity index is 938. The number of pyridine rings is 2. The van der Waals surface area contributed by atoms with Gasteiger partial charge in [0.05, 0.1) is 5.56 Å². The number of carbonyl (C=O) groups is 1. The number of carbonyl (C=O) groups excluding carboxylic acids is 1. The van der Waals surface area contributed by atoms with Crippen LogP contribution in [0.1, 0.15) is 59.5 Å². The number of benzene rings is 1. The molecule has 1 aliphatic carbocycles. The van der Waals surface area contributed by atoms with Crippen molar-refractivity contribution in [2.75, 3.05) is 5.32 Å². The Balaban J connectivity index is 1.41. The molecular weight excluding hydrogens is 378 g/mol. The van der Waals surface area contributed by atoms with Crippen LogP contribution in [0.5, 0.6) is 0 Å². The molecule has 0 bridgehead atoms. The molecule has 0 atom stereocenters. The van der Waals surface area contributed by atoms with Gasteiger partial charge in [-0.05, 0) is 66.3 Å². The number of rotatable bonds is 6. The summed E-state index contributed by atoms with van der Waals surface area (Å²) >= 11 is 1.56. The molecule has 5 heteroatoms. The number of amides is 1. The lowest BCUT2D eigenvalue weighted by atomic mass is 9.84. The molecule has 29 heavy (non-hydrogen) atoms. The molecule has 0 aliphatic heterocycles. The molecule has 4 nitrogen and oxygen atoms in total. The monoisotopic (exact) mass is 403 g/mol. The number of nitrogens with zero attached hydrogens (tertiary/aromatic N) is 2. The van der Waals surface area contributed by atoms with E-state index >= 15 is 0 Å². The van der Waals surface area contributed by atoms with E-state index in [0.29, 0.717) is 11.5 Å². The summed E-state index contributed by atoms with van der Waals surface area (Å²) in [5, 5.41) is 3.76. The second-order valence-electron chi connectivity index (χ2n) is 7.41. The third-order valence-electron chi connectivity index (χ3n) is 5.39. The molecule has 1 fully saturated rings. The van der Waals surface area contributed by atoms with Gasteiger partial charge in [0.25, 0.3) is 5.91 Å². The number of nitrogens with one attached hydrogen (secondary N) is 1. The summed E-state index contributed by atoms with van der Waals surface area (Å²) in [5.41, 5.74) is 3.96. The van der Waals surface area contributed by atoms with E-state index in [1.54, 1.807) is 36.4 Å². The minimum absolute atomic E-state index is 0.124. The first-order chi connectivity index (χ1) is 14.3. The van der Waals surface area contributed by atoms with Gasteiger partial charge in [-0.15, -0.1) is 11.8 Å². The summed E-state index contributed by atoms with van der Waals surface area (Å²) in [7, 11) is 0. The van der Waals surface area contributed by atoms with Gasteiger partial charge in [0, 0.05) is 30.0 Å². The molecule has 1 aromatic carbocycles. The lowest BCUT2D eigenvalue weighted by molar-refractivity contribution is 0.102. The topological polar surface area (TPSA) is 54.9 Å². The molecule has 0 saturated heterocycles. The van der Waals surface area contributed by atoms with Crippen LogP contribution in [0.15, 0.2) is 72.1 Å². The Morgan fingerprint density at radius 2 is 1.72 bits per heavy atom. The zero-order chi connectivity index (χ0) is 19.9. The SMILES string of the molecule is O=C(Nc1ccc(C2CCCCC2)cc1)c1cccnc1SCc1ccncc1. The fourth-order valence-corrected chi connectivity index (χ4v) is 4.73. The van der Waals surface area contributed by atoms with Gasteiger partial charge in [-0.25, -0.2) is 4.98 Å². The van der Waals surface area contributed by atoms with Crippen LogP contribution in [-0.4, -0.2) is 15.9 Å². The van der Waals surface area contributed by atoms with Gasteiger partial charge in [-0.3, -0.25) is 9.78 Å². The van der Waals surface area contributed by atoms with Gasteiger partial charge in [0.1, 0.15) is 5.03 Å². The largest absolute Gasteiger partial charge is 0.322 e. The van der Waals surface area contributed by atoms with E-state index in [9.17, 15) is 4.79 Å². The summed E-state index contributed by atoms with van der Waals surface area (Å²) < 4.78 is 0. The highest BCUT2D eigenvalue weighted by molar-refractivity contribution is 7.98. The van der Waals surface area contributed by atoms with E-state index in [-0.39, 0.29) is 5.91 Å². The van der Waals surface area contributed by atoms with Crippen molar-refractivity contribution in [1.82, 2.24) is 9.97 Å². The third-order valence-corrected chi connectivity index (χ3v) is 6.46. The van der Waals surface area contributed by atoms with Gasteiger partial charge < -0.3 is 5.32 Å². The number of hydrogen-bond acceptors (Lipinski definition) is 4. The Morgan fingerprint density at radius 3 is 2.48 bits per heavy atom. The molecule has 1 amide bonds. The highest BCUT2D eigenvalue weighted by atomic mass is 32.2. The Labute approximate surface area is 176 Å². The van der Waals surface area contributed by atoms with E-state index in [1.807, 2.05) is 30.3 Å². The summed E-state index contributed by atoms with van der Waals surface area (Å²) in [6.07, 6.45) is 11.8. The van der Waals surface area contributed by atoms with E-state index < -0.39 is 0 Å². The summed E-state index contributed by atoms with van der Waals surface area (Å²) in [5.74, 6) is 1.29. The molecular formula is C24H25N3OS. The van der Waals surface area contributed by atoms with Crippen molar-refractivity contribution < 1.29 is 4.79 Å². The first kappa shape index (κ1) is 19.6. The molecule has 2 aromatic heterocycles. The summed E-state index contributed by atoms with van der Waals surface area (Å²) in [6, 6.07) is 15.9. The first-order valence-corrected chi connectivity index (χ1v) is 11.2. The van der Waals surface area contributed by atoms with E-state index in [0.717, 1.165) is 22.0 Å². The second-order valence-corrected chi connectivity index (χ2v) is 8.38. The zero-order valence-corrected chi connectivity index (χ0v) is 17.2. The van der Waals surface area contributed by atoms with Crippen molar-refractivity contribution in [3.8, 4) is 0 Å². The lowest BCUT2D eigenvalue weighted by Crippen LogP contribution is -2.14. The van der Waals surface area contributed by atoms with Crippen LogP contribution in [0, 0.1) is 0 Å². The Hall–Kier alpha value is -2.66. The van der Waals surface area contributed by atoms with Crippen molar-refractivity contribution in [3.63, 3.8) is 0 Å².